The highest BCUT2D eigenvalue weighted by atomic mass is 16.2. The second-order valence-electron chi connectivity index (χ2n) is 4.00. The van der Waals surface area contributed by atoms with Crippen LogP contribution in [0.3, 0.4) is 0 Å². The molecule has 0 spiro atoms. The zero-order valence-electron chi connectivity index (χ0n) is 9.47. The van der Waals surface area contributed by atoms with Gasteiger partial charge in [0.05, 0.1) is 11.9 Å². The van der Waals surface area contributed by atoms with E-state index < -0.39 is 0 Å². The number of carbonyl (C=O) groups excluding carboxylic acids is 1. The Bertz CT molecular complexity index is 520. The first-order valence-electron chi connectivity index (χ1n) is 5.20. The molecule has 0 saturated heterocycles. The summed E-state index contributed by atoms with van der Waals surface area (Å²) in [5, 5.41) is 1.08. The van der Waals surface area contributed by atoms with Crippen molar-refractivity contribution in [2.75, 3.05) is 14.1 Å². The van der Waals surface area contributed by atoms with Gasteiger partial charge in [-0.3, -0.25) is 9.78 Å². The molecule has 1 amide bonds. The fraction of sp³-hybridized carbons (Fsp3) is 0.231. The summed E-state index contributed by atoms with van der Waals surface area (Å²) in [6, 6.07) is 9.92. The van der Waals surface area contributed by atoms with E-state index in [9.17, 15) is 4.79 Å². The van der Waals surface area contributed by atoms with E-state index in [0.717, 1.165) is 16.5 Å². The van der Waals surface area contributed by atoms with Crippen molar-refractivity contribution in [2.45, 2.75) is 6.42 Å². The third-order valence-corrected chi connectivity index (χ3v) is 2.50. The number of rotatable bonds is 2. The molecule has 2 rings (SSSR count). The van der Waals surface area contributed by atoms with Crippen LogP contribution in [0.4, 0.5) is 0 Å². The van der Waals surface area contributed by atoms with Crippen LogP contribution in [0.1, 0.15) is 5.56 Å². The van der Waals surface area contributed by atoms with Crippen LogP contribution in [-0.4, -0.2) is 29.9 Å². The van der Waals surface area contributed by atoms with Gasteiger partial charge < -0.3 is 4.90 Å². The molecule has 2 aromatic rings. The maximum Gasteiger partial charge on any atom is 0.226 e. The van der Waals surface area contributed by atoms with Gasteiger partial charge in [0.15, 0.2) is 0 Å². The summed E-state index contributed by atoms with van der Waals surface area (Å²) < 4.78 is 0. The first-order chi connectivity index (χ1) is 7.66. The smallest absolute Gasteiger partial charge is 0.226 e. The van der Waals surface area contributed by atoms with Gasteiger partial charge in [-0.2, -0.15) is 0 Å². The fourth-order valence-corrected chi connectivity index (χ4v) is 1.55. The van der Waals surface area contributed by atoms with E-state index in [1.54, 1.807) is 25.2 Å². The number of hydrogen-bond donors (Lipinski definition) is 0. The van der Waals surface area contributed by atoms with E-state index >= 15 is 0 Å². The summed E-state index contributed by atoms with van der Waals surface area (Å²) in [7, 11) is 3.52. The molecule has 3 heteroatoms. The summed E-state index contributed by atoms with van der Waals surface area (Å²) in [6.45, 7) is 0. The summed E-state index contributed by atoms with van der Waals surface area (Å²) in [4.78, 5) is 17.5. The minimum atomic E-state index is 0.0945. The second-order valence-corrected chi connectivity index (χ2v) is 4.00. The van der Waals surface area contributed by atoms with Crippen LogP contribution in [0.2, 0.25) is 0 Å². The predicted octanol–water partition coefficient (Wildman–Crippen LogP) is 1.87. The maximum atomic E-state index is 11.5. The van der Waals surface area contributed by atoms with Crippen LogP contribution in [0.15, 0.2) is 36.5 Å². The maximum absolute atomic E-state index is 11.5. The Balaban J connectivity index is 2.29. The Kier molecular flexibility index (Phi) is 2.86. The van der Waals surface area contributed by atoms with Crippen molar-refractivity contribution in [3.05, 3.63) is 42.1 Å². The van der Waals surface area contributed by atoms with E-state index in [-0.39, 0.29) is 5.91 Å². The van der Waals surface area contributed by atoms with Gasteiger partial charge in [0, 0.05) is 25.7 Å². The Morgan fingerprint density at radius 1 is 1.31 bits per heavy atom. The third kappa shape index (κ3) is 2.19. The van der Waals surface area contributed by atoms with E-state index in [2.05, 4.69) is 4.98 Å². The van der Waals surface area contributed by atoms with Crippen molar-refractivity contribution >= 4 is 16.8 Å². The van der Waals surface area contributed by atoms with Gasteiger partial charge in [0.1, 0.15) is 0 Å². The van der Waals surface area contributed by atoms with Gasteiger partial charge in [0.2, 0.25) is 5.91 Å². The van der Waals surface area contributed by atoms with Crippen molar-refractivity contribution in [1.29, 1.82) is 0 Å². The van der Waals surface area contributed by atoms with Crippen molar-refractivity contribution in [2.24, 2.45) is 0 Å². The summed E-state index contributed by atoms with van der Waals surface area (Å²) in [5.74, 6) is 0.0945. The molecule has 0 saturated carbocycles. The van der Waals surface area contributed by atoms with Crippen LogP contribution >= 0.6 is 0 Å². The van der Waals surface area contributed by atoms with Crippen molar-refractivity contribution in [1.82, 2.24) is 9.88 Å². The number of nitrogens with zero attached hydrogens (tertiary/aromatic N) is 2. The van der Waals surface area contributed by atoms with E-state index in [4.69, 9.17) is 0 Å². The van der Waals surface area contributed by atoms with Gasteiger partial charge in [-0.1, -0.05) is 18.2 Å². The SMILES string of the molecule is CN(C)C(=O)Cc1cnc2ccccc2c1. The predicted molar refractivity (Wildman–Crippen MR) is 64.1 cm³/mol. The molecule has 0 aliphatic carbocycles. The first kappa shape index (κ1) is 10.6. The molecule has 1 aromatic carbocycles. The summed E-state index contributed by atoms with van der Waals surface area (Å²) in [5.41, 5.74) is 1.92. The number of amides is 1. The van der Waals surface area contributed by atoms with E-state index in [1.807, 2.05) is 30.3 Å². The molecule has 0 atom stereocenters. The van der Waals surface area contributed by atoms with Crippen LogP contribution in [0.25, 0.3) is 10.9 Å². The lowest BCUT2D eigenvalue weighted by molar-refractivity contribution is -0.127. The molecule has 0 fully saturated rings. The molecule has 0 aliphatic heterocycles. The largest absolute Gasteiger partial charge is 0.349 e. The summed E-state index contributed by atoms with van der Waals surface area (Å²) >= 11 is 0. The molecule has 82 valence electrons. The third-order valence-electron chi connectivity index (χ3n) is 2.50. The monoisotopic (exact) mass is 214 g/mol. The van der Waals surface area contributed by atoms with Crippen LogP contribution < -0.4 is 0 Å². The van der Waals surface area contributed by atoms with Crippen molar-refractivity contribution in [3.8, 4) is 0 Å². The average molecular weight is 214 g/mol. The highest BCUT2D eigenvalue weighted by molar-refractivity contribution is 5.82. The summed E-state index contributed by atoms with van der Waals surface area (Å²) in [6.07, 6.45) is 2.18. The molecule has 0 aliphatic rings. The number of fused-ring (bicyclic) bond motifs is 1. The van der Waals surface area contributed by atoms with Crippen LogP contribution in [0, 0.1) is 0 Å². The van der Waals surface area contributed by atoms with Gasteiger partial charge in [-0.05, 0) is 17.7 Å². The highest BCUT2D eigenvalue weighted by Gasteiger charge is 2.06. The lowest BCUT2D eigenvalue weighted by Gasteiger charge is -2.10. The number of carbonyl (C=O) groups is 1. The van der Waals surface area contributed by atoms with Crippen LogP contribution in [-0.2, 0) is 11.2 Å². The number of likely N-dealkylation sites (N-methyl/N-ethyl adjacent to an activating group) is 1. The zero-order valence-corrected chi connectivity index (χ0v) is 9.47. The van der Waals surface area contributed by atoms with Gasteiger partial charge in [0.25, 0.3) is 0 Å². The number of benzene rings is 1. The normalized spacial score (nSPS) is 10.4. The molecular formula is C13H14N2O. The first-order valence-corrected chi connectivity index (χ1v) is 5.20. The molecule has 16 heavy (non-hydrogen) atoms. The van der Waals surface area contributed by atoms with Gasteiger partial charge in [-0.15, -0.1) is 0 Å². The average Bonchev–Trinajstić information content (AvgIpc) is 2.28. The number of para-hydroxylation sites is 1. The van der Waals surface area contributed by atoms with Crippen molar-refractivity contribution < 1.29 is 4.79 Å². The number of aromatic nitrogens is 1. The quantitative estimate of drug-likeness (QED) is 0.764. The van der Waals surface area contributed by atoms with E-state index in [1.165, 1.54) is 0 Å². The Morgan fingerprint density at radius 2 is 2.06 bits per heavy atom. The second kappa shape index (κ2) is 4.31. The minimum Gasteiger partial charge on any atom is -0.349 e. The molecular weight excluding hydrogens is 200 g/mol. The van der Waals surface area contributed by atoms with E-state index in [0.29, 0.717) is 6.42 Å². The Hall–Kier alpha value is -1.90. The minimum absolute atomic E-state index is 0.0945. The standard InChI is InChI=1S/C13H14N2O/c1-15(2)13(16)8-10-7-11-5-3-4-6-12(11)14-9-10/h3-7,9H,8H2,1-2H3. The highest BCUT2D eigenvalue weighted by Crippen LogP contribution is 2.13. The molecule has 1 heterocycles. The Morgan fingerprint density at radius 3 is 2.81 bits per heavy atom. The Labute approximate surface area is 94.7 Å². The topological polar surface area (TPSA) is 33.2 Å². The molecule has 0 bridgehead atoms. The fourth-order valence-electron chi connectivity index (χ4n) is 1.55. The molecule has 3 nitrogen and oxygen atoms in total. The lowest BCUT2D eigenvalue weighted by atomic mass is 10.1. The number of pyridine rings is 1. The lowest BCUT2D eigenvalue weighted by Crippen LogP contribution is -2.23. The van der Waals surface area contributed by atoms with Gasteiger partial charge >= 0.3 is 0 Å². The molecule has 0 N–H and O–H groups in total. The molecule has 1 aromatic heterocycles. The van der Waals surface area contributed by atoms with Crippen molar-refractivity contribution in [3.63, 3.8) is 0 Å². The number of hydrogen-bond acceptors (Lipinski definition) is 2. The van der Waals surface area contributed by atoms with Crippen LogP contribution in [0.5, 0.6) is 0 Å². The zero-order chi connectivity index (χ0) is 11.5. The molecule has 0 unspecified atom stereocenters. The molecule has 0 radical (unpaired) electrons. The van der Waals surface area contributed by atoms with Gasteiger partial charge in [-0.25, -0.2) is 0 Å².